The fourth-order valence-corrected chi connectivity index (χ4v) is 1.88. The van der Waals surface area contributed by atoms with Crippen LogP contribution >= 0.6 is 11.6 Å². The van der Waals surface area contributed by atoms with Crippen molar-refractivity contribution in [1.29, 1.82) is 0 Å². The van der Waals surface area contributed by atoms with Gasteiger partial charge in [0.25, 0.3) is 0 Å². The minimum Gasteiger partial charge on any atom is -0.347 e. The molecule has 0 aromatic carbocycles. The summed E-state index contributed by atoms with van der Waals surface area (Å²) in [5, 5.41) is 11.0. The second-order valence-corrected chi connectivity index (χ2v) is 4.31. The summed E-state index contributed by atoms with van der Waals surface area (Å²) in [5.74, 6) is 0.217. The molecule has 0 saturated carbocycles. The molecule has 2 aromatic heterocycles. The standard InChI is InChI=1S/C12H12ClN5O2/c1-2-17(8-9-3-5-14-6-4-9)11-10(18(19)20)7-15-12(13)16-11/h3-7H,2,8H2,1H3. The monoisotopic (exact) mass is 293 g/mol. The van der Waals surface area contributed by atoms with Crippen LogP contribution in [-0.4, -0.2) is 26.4 Å². The number of nitro groups is 1. The summed E-state index contributed by atoms with van der Waals surface area (Å²) in [6.07, 6.45) is 4.47. The number of halogens is 1. The maximum absolute atomic E-state index is 11.1. The number of nitrogens with zero attached hydrogens (tertiary/aromatic N) is 5. The summed E-state index contributed by atoms with van der Waals surface area (Å²) >= 11 is 5.74. The molecule has 2 rings (SSSR count). The summed E-state index contributed by atoms with van der Waals surface area (Å²) in [7, 11) is 0. The lowest BCUT2D eigenvalue weighted by molar-refractivity contribution is -0.384. The van der Waals surface area contributed by atoms with E-state index in [0.717, 1.165) is 11.8 Å². The first-order valence-corrected chi connectivity index (χ1v) is 6.30. The molecule has 0 unspecified atom stereocenters. The van der Waals surface area contributed by atoms with Crippen molar-refractivity contribution >= 4 is 23.1 Å². The molecular formula is C12H12ClN5O2. The van der Waals surface area contributed by atoms with Gasteiger partial charge in [-0.15, -0.1) is 0 Å². The molecule has 8 heteroatoms. The van der Waals surface area contributed by atoms with Gasteiger partial charge in [0.2, 0.25) is 11.1 Å². The molecule has 0 spiro atoms. The molecule has 0 aliphatic rings. The van der Waals surface area contributed by atoms with Gasteiger partial charge in [-0.1, -0.05) is 0 Å². The van der Waals surface area contributed by atoms with Crippen molar-refractivity contribution in [3.63, 3.8) is 0 Å². The van der Waals surface area contributed by atoms with Gasteiger partial charge in [0.05, 0.1) is 4.92 Å². The molecule has 0 radical (unpaired) electrons. The van der Waals surface area contributed by atoms with Gasteiger partial charge in [0.1, 0.15) is 6.20 Å². The molecule has 0 atom stereocenters. The minimum atomic E-state index is -0.513. The van der Waals surface area contributed by atoms with Crippen molar-refractivity contribution in [3.05, 3.63) is 51.7 Å². The Morgan fingerprint density at radius 1 is 1.40 bits per heavy atom. The Kier molecular flexibility index (Phi) is 4.41. The lowest BCUT2D eigenvalue weighted by atomic mass is 10.2. The van der Waals surface area contributed by atoms with Crippen molar-refractivity contribution in [2.75, 3.05) is 11.4 Å². The van der Waals surface area contributed by atoms with Crippen LogP contribution in [0.25, 0.3) is 0 Å². The third-order valence-electron chi connectivity index (χ3n) is 2.72. The Morgan fingerprint density at radius 3 is 2.70 bits per heavy atom. The minimum absolute atomic E-state index is 0.0150. The maximum Gasteiger partial charge on any atom is 0.329 e. The van der Waals surface area contributed by atoms with Crippen LogP contribution in [0.5, 0.6) is 0 Å². The molecule has 0 N–H and O–H groups in total. The summed E-state index contributed by atoms with van der Waals surface area (Å²) in [5.41, 5.74) is 0.816. The molecule has 20 heavy (non-hydrogen) atoms. The van der Waals surface area contributed by atoms with Crippen LogP contribution in [0.2, 0.25) is 5.28 Å². The molecule has 0 amide bonds. The van der Waals surface area contributed by atoms with Crippen molar-refractivity contribution in [3.8, 4) is 0 Å². The van der Waals surface area contributed by atoms with Crippen molar-refractivity contribution in [2.24, 2.45) is 0 Å². The highest BCUT2D eigenvalue weighted by molar-refractivity contribution is 6.28. The Balaban J connectivity index is 2.36. The van der Waals surface area contributed by atoms with Crippen LogP contribution < -0.4 is 4.90 Å². The van der Waals surface area contributed by atoms with E-state index in [9.17, 15) is 10.1 Å². The van der Waals surface area contributed by atoms with Gasteiger partial charge in [-0.05, 0) is 36.2 Å². The van der Waals surface area contributed by atoms with Gasteiger partial charge >= 0.3 is 5.69 Å². The largest absolute Gasteiger partial charge is 0.347 e. The van der Waals surface area contributed by atoms with Gasteiger partial charge in [-0.3, -0.25) is 15.1 Å². The topological polar surface area (TPSA) is 85.0 Å². The lowest BCUT2D eigenvalue weighted by Crippen LogP contribution is -2.24. The summed E-state index contributed by atoms with van der Waals surface area (Å²) in [6, 6.07) is 3.69. The second kappa shape index (κ2) is 6.25. The third-order valence-corrected chi connectivity index (χ3v) is 2.90. The van der Waals surface area contributed by atoms with Crippen molar-refractivity contribution in [2.45, 2.75) is 13.5 Å². The Bertz CT molecular complexity index is 608. The first kappa shape index (κ1) is 14.1. The highest BCUT2D eigenvalue weighted by Crippen LogP contribution is 2.27. The molecule has 0 fully saturated rings. The average Bonchev–Trinajstić information content (AvgIpc) is 2.45. The average molecular weight is 294 g/mol. The molecule has 0 aliphatic heterocycles. The van der Waals surface area contributed by atoms with Crippen LogP contribution in [0.15, 0.2) is 30.7 Å². The fraction of sp³-hybridized carbons (Fsp3) is 0.250. The quantitative estimate of drug-likeness (QED) is 0.478. The molecule has 7 nitrogen and oxygen atoms in total. The Labute approximate surface area is 120 Å². The van der Waals surface area contributed by atoms with Gasteiger partial charge in [0, 0.05) is 25.5 Å². The van der Waals surface area contributed by atoms with E-state index in [2.05, 4.69) is 15.0 Å². The lowest BCUT2D eigenvalue weighted by Gasteiger charge is -2.21. The number of aromatic nitrogens is 3. The van der Waals surface area contributed by atoms with Gasteiger partial charge in [-0.2, -0.15) is 4.98 Å². The molecule has 2 aromatic rings. The van der Waals surface area contributed by atoms with Gasteiger partial charge < -0.3 is 4.90 Å². The Hall–Kier alpha value is -2.28. The normalized spacial score (nSPS) is 10.3. The zero-order valence-electron chi connectivity index (χ0n) is 10.7. The van der Waals surface area contributed by atoms with E-state index in [1.165, 1.54) is 0 Å². The highest BCUT2D eigenvalue weighted by Gasteiger charge is 2.21. The number of rotatable bonds is 5. The highest BCUT2D eigenvalue weighted by atomic mass is 35.5. The number of anilines is 1. The summed E-state index contributed by atoms with van der Waals surface area (Å²) < 4.78 is 0. The van der Waals surface area contributed by atoms with Crippen molar-refractivity contribution < 1.29 is 4.92 Å². The van der Waals surface area contributed by atoms with Crippen molar-refractivity contribution in [1.82, 2.24) is 15.0 Å². The third kappa shape index (κ3) is 3.18. The first-order valence-electron chi connectivity index (χ1n) is 5.92. The SMILES string of the molecule is CCN(Cc1ccncc1)c1nc(Cl)ncc1[N+](=O)[O-]. The number of pyridine rings is 1. The fourth-order valence-electron chi connectivity index (χ4n) is 1.75. The van der Waals surface area contributed by atoms with Crippen LogP contribution in [0.3, 0.4) is 0 Å². The molecular weight excluding hydrogens is 282 g/mol. The van der Waals surface area contributed by atoms with Crippen LogP contribution in [0.4, 0.5) is 11.5 Å². The number of hydrogen-bond acceptors (Lipinski definition) is 6. The predicted molar refractivity (Wildman–Crippen MR) is 74.7 cm³/mol. The van der Waals surface area contributed by atoms with E-state index in [0.29, 0.717) is 13.1 Å². The molecule has 104 valence electrons. The molecule has 0 aliphatic carbocycles. The van der Waals surface area contributed by atoms with Crippen LogP contribution in [0, 0.1) is 10.1 Å². The summed E-state index contributed by atoms with van der Waals surface area (Å²) in [4.78, 5) is 23.9. The maximum atomic E-state index is 11.1. The zero-order valence-corrected chi connectivity index (χ0v) is 11.5. The van der Waals surface area contributed by atoms with Gasteiger partial charge in [-0.25, -0.2) is 4.98 Å². The smallest absolute Gasteiger partial charge is 0.329 e. The van der Waals surface area contributed by atoms with E-state index in [-0.39, 0.29) is 16.8 Å². The van der Waals surface area contributed by atoms with E-state index < -0.39 is 4.92 Å². The Morgan fingerprint density at radius 2 is 2.10 bits per heavy atom. The first-order chi connectivity index (χ1) is 9.61. The van der Waals surface area contributed by atoms with Crippen LogP contribution in [0.1, 0.15) is 12.5 Å². The second-order valence-electron chi connectivity index (χ2n) is 3.97. The van der Waals surface area contributed by atoms with Crippen LogP contribution in [-0.2, 0) is 6.54 Å². The molecule has 0 bridgehead atoms. The summed E-state index contributed by atoms with van der Waals surface area (Å²) in [6.45, 7) is 2.92. The van der Waals surface area contributed by atoms with Gasteiger partial charge in [0.15, 0.2) is 0 Å². The van der Waals surface area contributed by atoms with E-state index >= 15 is 0 Å². The zero-order chi connectivity index (χ0) is 14.5. The molecule has 2 heterocycles. The predicted octanol–water partition coefficient (Wildman–Crippen LogP) is 2.46. The molecule has 0 saturated heterocycles. The van der Waals surface area contributed by atoms with E-state index in [1.54, 1.807) is 17.3 Å². The van der Waals surface area contributed by atoms with E-state index in [1.807, 2.05) is 19.1 Å². The number of hydrogen-bond donors (Lipinski definition) is 0. The van der Waals surface area contributed by atoms with E-state index in [4.69, 9.17) is 11.6 Å².